The van der Waals surface area contributed by atoms with Crippen LogP contribution in [0.4, 0.5) is 17.8 Å². The second-order valence-corrected chi connectivity index (χ2v) is 21.9. The molecule has 0 atom stereocenters. The van der Waals surface area contributed by atoms with E-state index < -0.39 is 0 Å². The Morgan fingerprint density at radius 1 is 0.463 bits per heavy atom. The summed E-state index contributed by atoms with van der Waals surface area (Å²) in [5.74, 6) is 1.07. The van der Waals surface area contributed by atoms with Crippen molar-refractivity contribution in [3.05, 3.63) is 197 Å². The number of aliphatic hydroxyl groups is 1. The first-order chi connectivity index (χ1) is 45.9. The van der Waals surface area contributed by atoms with Gasteiger partial charge in [0.05, 0.1) is 38.5 Å². The highest BCUT2D eigenvalue weighted by molar-refractivity contribution is 6.35. The van der Waals surface area contributed by atoms with Gasteiger partial charge in [0, 0.05) is 125 Å². The molecule has 1 aliphatic rings. The highest BCUT2D eigenvalue weighted by atomic mass is 35.5. The molecular formula is C61H58Cl5N27O2. The molecule has 0 bridgehead atoms. The van der Waals surface area contributed by atoms with Gasteiger partial charge in [0.25, 0.3) is 0 Å². The fraction of sp³-hybridized carbons (Fsp3) is 0.213. The van der Waals surface area contributed by atoms with Gasteiger partial charge in [0.2, 0.25) is 33.7 Å². The summed E-state index contributed by atoms with van der Waals surface area (Å²) in [5.41, 5.74) is 23.5. The molecule has 15 rings (SSSR count). The van der Waals surface area contributed by atoms with Crippen molar-refractivity contribution in [2.24, 2.45) is 0 Å². The number of nitrogens with two attached hydrogens (primary N) is 2. The minimum absolute atomic E-state index is 0. The first kappa shape index (κ1) is 67.6. The van der Waals surface area contributed by atoms with Crippen LogP contribution in [-0.2, 0) is 50.1 Å². The SMILES string of the molecule is C.Clc1nc(Cl)c2[nH]cnc2n1.Clc1nc(Cl)c2ncn(CCc3cccnc3)c2n1.Nc1ncc(-c2nc(Cl)nc3c2ncn3CCc2cccnc2)cn1.Nc1ncc(-c2nc(N3CCOCC3)nc3c2ncn3CCc2cccnc2)cn1.OCCc1cccnc1. The normalized spacial score (nSPS) is 11.8. The van der Waals surface area contributed by atoms with E-state index in [0.717, 1.165) is 78.9 Å². The molecule has 0 aliphatic carbocycles. The predicted molar refractivity (Wildman–Crippen MR) is 362 cm³/mol. The molecule has 14 aromatic rings. The molecule has 95 heavy (non-hydrogen) atoms. The molecule has 0 spiro atoms. The zero-order chi connectivity index (χ0) is 65.2. The Morgan fingerprint density at radius 2 is 0.884 bits per heavy atom. The van der Waals surface area contributed by atoms with Gasteiger partial charge in [-0.15, -0.1) is 0 Å². The summed E-state index contributed by atoms with van der Waals surface area (Å²) in [6.45, 7) is 5.16. The fourth-order valence-corrected chi connectivity index (χ4v) is 10.3. The van der Waals surface area contributed by atoms with Crippen LogP contribution in [0, 0.1) is 0 Å². The molecule has 1 aliphatic heterocycles. The van der Waals surface area contributed by atoms with E-state index in [2.05, 4.69) is 110 Å². The van der Waals surface area contributed by atoms with Gasteiger partial charge in [0.1, 0.15) is 33.5 Å². The maximum Gasteiger partial charge on any atom is 0.228 e. The van der Waals surface area contributed by atoms with Crippen molar-refractivity contribution in [3.63, 3.8) is 0 Å². The highest BCUT2D eigenvalue weighted by Gasteiger charge is 2.22. The summed E-state index contributed by atoms with van der Waals surface area (Å²) in [5, 5.41) is 9.43. The van der Waals surface area contributed by atoms with E-state index in [1.807, 2.05) is 70.2 Å². The number of aromatic nitrogens is 24. The Labute approximate surface area is 566 Å². The summed E-state index contributed by atoms with van der Waals surface area (Å²) in [7, 11) is 0. The predicted octanol–water partition coefficient (Wildman–Crippen LogP) is 9.18. The third kappa shape index (κ3) is 17.9. The minimum atomic E-state index is 0. The molecular weight excluding hydrogens is 1320 g/mol. The number of nitrogens with zero attached hydrogens (tertiary/aromatic N) is 24. The van der Waals surface area contributed by atoms with Gasteiger partial charge < -0.3 is 44.9 Å². The van der Waals surface area contributed by atoms with Crippen LogP contribution in [0.1, 0.15) is 29.7 Å². The average Bonchev–Trinajstić information content (AvgIpc) is 1.74. The molecule has 15 heterocycles. The van der Waals surface area contributed by atoms with Crippen molar-refractivity contribution in [1.29, 1.82) is 0 Å². The second-order valence-electron chi connectivity index (χ2n) is 20.1. The lowest BCUT2D eigenvalue weighted by Gasteiger charge is -2.27. The number of aryl methyl sites for hydroxylation is 6. The van der Waals surface area contributed by atoms with Gasteiger partial charge in [0.15, 0.2) is 32.9 Å². The summed E-state index contributed by atoms with van der Waals surface area (Å²) < 4.78 is 11.4. The first-order valence-electron chi connectivity index (χ1n) is 28.7. The highest BCUT2D eigenvalue weighted by Crippen LogP contribution is 2.29. The van der Waals surface area contributed by atoms with E-state index in [-0.39, 0.29) is 52.1 Å². The maximum atomic E-state index is 8.49. The van der Waals surface area contributed by atoms with E-state index in [9.17, 15) is 0 Å². The molecule has 0 amide bonds. The summed E-state index contributed by atoms with van der Waals surface area (Å²) in [6.07, 6.45) is 30.7. The molecule has 0 unspecified atom stereocenters. The number of aliphatic hydroxyl groups excluding tert-OH is 1. The Morgan fingerprint density at radius 3 is 1.36 bits per heavy atom. The number of pyridine rings is 4. The van der Waals surface area contributed by atoms with Crippen molar-refractivity contribution < 1.29 is 9.84 Å². The largest absolute Gasteiger partial charge is 0.396 e. The molecule has 1 saturated heterocycles. The molecule has 484 valence electrons. The van der Waals surface area contributed by atoms with E-state index in [0.29, 0.717) is 88.1 Å². The molecule has 1 fully saturated rings. The quantitative estimate of drug-likeness (QED) is 0.0582. The van der Waals surface area contributed by atoms with Crippen LogP contribution in [0.15, 0.2) is 148 Å². The van der Waals surface area contributed by atoms with Gasteiger partial charge in [-0.05, 0) is 107 Å². The fourth-order valence-electron chi connectivity index (χ4n) is 9.29. The molecule has 34 heteroatoms. The number of rotatable bonds is 14. The first-order valence-corrected chi connectivity index (χ1v) is 30.6. The van der Waals surface area contributed by atoms with Crippen LogP contribution in [0.2, 0.25) is 26.2 Å². The number of aromatic amines is 1. The van der Waals surface area contributed by atoms with E-state index >= 15 is 0 Å². The Kier molecular flexibility index (Phi) is 23.5. The molecule has 29 nitrogen and oxygen atoms in total. The lowest BCUT2D eigenvalue weighted by Crippen LogP contribution is -2.37. The Bertz CT molecular complexity index is 4730. The Balaban J connectivity index is 0.000000137. The number of hydrogen-bond donors (Lipinski definition) is 4. The smallest absolute Gasteiger partial charge is 0.228 e. The molecule has 0 radical (unpaired) electrons. The van der Waals surface area contributed by atoms with E-state index in [4.69, 9.17) is 89.3 Å². The molecule has 14 aromatic heterocycles. The standard InChI is InChI=1S/C20H21N9O.C16H13ClN8.C12H9Cl2N5.C7H9NO.C5H2Cl2N4.CH4/c21-19-23-11-15(12-24-19)16-17-18(27-20(26-16)28-6-8-30-9-7-28)29(13-25-17)5-3-14-2-1-4-22-10-14;17-15-23-12(11-7-20-16(18)21-8-11)13-14(24-15)25(9-22-13)5-3-10-2-1-4-19-6-10;13-10-9-11(18-12(14)17-10)19(7-16-9)5-3-8-2-1-4-15-6-8;9-5-3-7-2-1-4-8-6-7;6-3-2-4(9-1-8-2)11-5(7)10-3;/h1-2,4,10-13H,3,5-9H2,(H2,21,23,24);1-2,4,6-9H,3,5H2,(H2,18,20,21);1-2,4,6-7H,3,5H2;1-2,4,6,9H,3,5H2;1H,(H,8,9,10,11);1H4. The van der Waals surface area contributed by atoms with Crippen molar-refractivity contribution in [2.75, 3.05) is 49.3 Å². The molecule has 0 aromatic carbocycles. The van der Waals surface area contributed by atoms with Gasteiger partial charge in [-0.1, -0.05) is 54.9 Å². The number of ether oxygens (including phenoxy) is 1. The minimum Gasteiger partial charge on any atom is -0.396 e. The van der Waals surface area contributed by atoms with Gasteiger partial charge >= 0.3 is 0 Å². The second kappa shape index (κ2) is 33.0. The van der Waals surface area contributed by atoms with Crippen molar-refractivity contribution >= 4 is 121 Å². The van der Waals surface area contributed by atoms with Crippen LogP contribution >= 0.6 is 58.0 Å². The number of fused-ring (bicyclic) bond motifs is 4. The number of H-pyrrole nitrogens is 1. The number of nitrogens with one attached hydrogen (secondary N) is 1. The zero-order valence-electron chi connectivity index (χ0n) is 49.5. The van der Waals surface area contributed by atoms with Crippen LogP contribution in [0.5, 0.6) is 0 Å². The number of hydrogen-bond acceptors (Lipinski definition) is 25. The van der Waals surface area contributed by atoms with Gasteiger partial charge in [-0.25, -0.2) is 59.8 Å². The van der Waals surface area contributed by atoms with Crippen molar-refractivity contribution in [2.45, 2.75) is 52.7 Å². The van der Waals surface area contributed by atoms with Gasteiger partial charge in [-0.3, -0.25) is 19.9 Å². The number of halogens is 5. The van der Waals surface area contributed by atoms with E-state index in [1.165, 1.54) is 6.33 Å². The van der Waals surface area contributed by atoms with Crippen LogP contribution in [0.3, 0.4) is 0 Å². The topological polar surface area (TPSA) is 373 Å². The van der Waals surface area contributed by atoms with Crippen molar-refractivity contribution in [3.8, 4) is 22.5 Å². The molecule has 0 saturated carbocycles. The maximum absolute atomic E-state index is 8.49. The number of imidazole rings is 4. The van der Waals surface area contributed by atoms with E-state index in [1.54, 1.807) is 74.8 Å². The van der Waals surface area contributed by atoms with Gasteiger partial charge in [-0.2, -0.15) is 19.9 Å². The summed E-state index contributed by atoms with van der Waals surface area (Å²) >= 11 is 29.1. The lowest BCUT2D eigenvalue weighted by molar-refractivity contribution is 0.122. The summed E-state index contributed by atoms with van der Waals surface area (Å²) in [6, 6.07) is 15.7. The average molecular weight is 1380 g/mol. The lowest BCUT2D eigenvalue weighted by atomic mass is 10.2. The van der Waals surface area contributed by atoms with Crippen LogP contribution in [0.25, 0.3) is 67.2 Å². The zero-order valence-corrected chi connectivity index (χ0v) is 53.3. The third-order valence-electron chi connectivity index (χ3n) is 13.9. The van der Waals surface area contributed by atoms with Crippen molar-refractivity contribution in [1.82, 2.24) is 118 Å². The monoisotopic (exact) mass is 1380 g/mol. The number of nitrogen functional groups attached to an aromatic ring is 2. The third-order valence-corrected chi connectivity index (χ3v) is 14.9. The number of morpholine rings is 1. The Hall–Kier alpha value is -10.3. The molecule has 6 N–H and O–H groups in total. The number of anilines is 3. The van der Waals surface area contributed by atoms with Crippen LogP contribution < -0.4 is 16.4 Å². The van der Waals surface area contributed by atoms with Crippen LogP contribution in [-0.4, -0.2) is 156 Å². The summed E-state index contributed by atoms with van der Waals surface area (Å²) in [4.78, 5) is 88.4.